The lowest BCUT2D eigenvalue weighted by molar-refractivity contribution is 0.445. The Balaban J connectivity index is 2.22. The SMILES string of the molecule is Cc1cc(C)c2c(c1)c(Br)c(C1CCNCC1)n2C. The molecule has 0 saturated carbocycles. The number of nitrogens with one attached hydrogen (secondary N) is 1. The largest absolute Gasteiger partial charge is 0.346 e. The Kier molecular flexibility index (Phi) is 3.44. The van der Waals surface area contributed by atoms with E-state index in [4.69, 9.17) is 0 Å². The van der Waals surface area contributed by atoms with Gasteiger partial charge in [-0.15, -0.1) is 0 Å². The molecule has 1 aromatic carbocycles. The molecule has 1 N–H and O–H groups in total. The van der Waals surface area contributed by atoms with E-state index in [1.165, 1.54) is 45.0 Å². The molecule has 1 fully saturated rings. The highest BCUT2D eigenvalue weighted by Gasteiger charge is 2.24. The molecule has 3 heteroatoms. The van der Waals surface area contributed by atoms with Gasteiger partial charge in [-0.1, -0.05) is 11.6 Å². The molecule has 0 spiro atoms. The van der Waals surface area contributed by atoms with Crippen LogP contribution in [0.4, 0.5) is 0 Å². The molecule has 1 saturated heterocycles. The van der Waals surface area contributed by atoms with Crippen molar-refractivity contribution in [1.82, 2.24) is 9.88 Å². The molecule has 0 amide bonds. The fourth-order valence-corrected chi connectivity index (χ4v) is 4.42. The van der Waals surface area contributed by atoms with Crippen LogP contribution < -0.4 is 5.32 Å². The van der Waals surface area contributed by atoms with Crippen molar-refractivity contribution in [3.8, 4) is 0 Å². The number of rotatable bonds is 1. The van der Waals surface area contributed by atoms with Crippen LogP contribution >= 0.6 is 15.9 Å². The summed E-state index contributed by atoms with van der Waals surface area (Å²) in [6, 6.07) is 4.58. The van der Waals surface area contributed by atoms with Gasteiger partial charge in [-0.25, -0.2) is 0 Å². The van der Waals surface area contributed by atoms with E-state index >= 15 is 0 Å². The van der Waals surface area contributed by atoms with Crippen molar-refractivity contribution in [2.24, 2.45) is 7.05 Å². The van der Waals surface area contributed by atoms with Crippen molar-refractivity contribution >= 4 is 26.8 Å². The lowest BCUT2D eigenvalue weighted by Crippen LogP contribution is -2.27. The van der Waals surface area contributed by atoms with Crippen LogP contribution in [0.2, 0.25) is 0 Å². The van der Waals surface area contributed by atoms with E-state index < -0.39 is 0 Å². The summed E-state index contributed by atoms with van der Waals surface area (Å²) < 4.78 is 3.72. The third-order valence-electron chi connectivity index (χ3n) is 4.33. The maximum absolute atomic E-state index is 3.87. The lowest BCUT2D eigenvalue weighted by atomic mass is 9.94. The monoisotopic (exact) mass is 320 g/mol. The van der Waals surface area contributed by atoms with Crippen molar-refractivity contribution in [3.05, 3.63) is 33.4 Å². The highest BCUT2D eigenvalue weighted by atomic mass is 79.9. The van der Waals surface area contributed by atoms with Crippen LogP contribution in [0.1, 0.15) is 35.6 Å². The Morgan fingerprint density at radius 3 is 2.58 bits per heavy atom. The van der Waals surface area contributed by atoms with Gasteiger partial charge in [0.2, 0.25) is 0 Å². The zero-order valence-electron chi connectivity index (χ0n) is 11.9. The van der Waals surface area contributed by atoms with E-state index in [1.807, 2.05) is 0 Å². The predicted octanol–water partition coefficient (Wildman–Crippen LogP) is 4.02. The molecule has 0 bridgehead atoms. The normalized spacial score (nSPS) is 17.3. The number of piperidine rings is 1. The Morgan fingerprint density at radius 2 is 1.89 bits per heavy atom. The highest BCUT2D eigenvalue weighted by molar-refractivity contribution is 9.10. The van der Waals surface area contributed by atoms with Gasteiger partial charge in [0.15, 0.2) is 0 Å². The number of aryl methyl sites for hydroxylation is 3. The summed E-state index contributed by atoms with van der Waals surface area (Å²) in [6.07, 6.45) is 2.47. The number of halogens is 1. The Hall–Kier alpha value is -0.800. The summed E-state index contributed by atoms with van der Waals surface area (Å²) in [7, 11) is 2.22. The fraction of sp³-hybridized carbons (Fsp3) is 0.500. The number of hydrogen-bond acceptors (Lipinski definition) is 1. The van der Waals surface area contributed by atoms with Crippen LogP contribution in [0.5, 0.6) is 0 Å². The van der Waals surface area contributed by atoms with Gasteiger partial charge in [-0.2, -0.15) is 0 Å². The zero-order valence-corrected chi connectivity index (χ0v) is 13.5. The van der Waals surface area contributed by atoms with Crippen LogP contribution in [-0.2, 0) is 7.05 Å². The maximum atomic E-state index is 3.87. The Bertz CT molecular complexity index is 621. The summed E-state index contributed by atoms with van der Waals surface area (Å²) in [4.78, 5) is 0. The van der Waals surface area contributed by atoms with Crippen LogP contribution in [-0.4, -0.2) is 17.7 Å². The maximum Gasteiger partial charge on any atom is 0.0521 e. The van der Waals surface area contributed by atoms with Gasteiger partial charge >= 0.3 is 0 Å². The number of benzene rings is 1. The van der Waals surface area contributed by atoms with E-state index in [0.29, 0.717) is 5.92 Å². The van der Waals surface area contributed by atoms with Gasteiger partial charge < -0.3 is 9.88 Å². The Morgan fingerprint density at radius 1 is 1.21 bits per heavy atom. The first kappa shape index (κ1) is 13.2. The topological polar surface area (TPSA) is 17.0 Å². The van der Waals surface area contributed by atoms with E-state index in [-0.39, 0.29) is 0 Å². The lowest BCUT2D eigenvalue weighted by Gasteiger charge is -2.24. The van der Waals surface area contributed by atoms with Crippen molar-refractivity contribution in [2.75, 3.05) is 13.1 Å². The molecule has 3 rings (SSSR count). The molecule has 0 aliphatic carbocycles. The minimum atomic E-state index is 0.674. The number of hydrogen-bond donors (Lipinski definition) is 1. The minimum absolute atomic E-state index is 0.674. The van der Waals surface area contributed by atoms with E-state index in [0.717, 1.165) is 13.1 Å². The first-order valence-corrected chi connectivity index (χ1v) is 7.84. The second-order valence-corrected chi connectivity index (χ2v) is 6.55. The Labute approximate surface area is 123 Å². The predicted molar refractivity (Wildman–Crippen MR) is 84.9 cm³/mol. The molecule has 2 nitrogen and oxygen atoms in total. The van der Waals surface area contributed by atoms with Crippen molar-refractivity contribution in [1.29, 1.82) is 0 Å². The van der Waals surface area contributed by atoms with Gasteiger partial charge in [-0.05, 0) is 67.3 Å². The summed E-state index contributed by atoms with van der Waals surface area (Å²) in [6.45, 7) is 6.66. The third kappa shape index (κ3) is 2.13. The van der Waals surface area contributed by atoms with Crippen LogP contribution in [0, 0.1) is 13.8 Å². The summed E-state index contributed by atoms with van der Waals surface area (Å²) >= 11 is 3.87. The summed E-state index contributed by atoms with van der Waals surface area (Å²) in [5, 5.41) is 4.82. The molecule has 0 atom stereocenters. The molecule has 0 radical (unpaired) electrons. The van der Waals surface area contributed by atoms with Gasteiger partial charge in [0.25, 0.3) is 0 Å². The van der Waals surface area contributed by atoms with E-state index in [9.17, 15) is 0 Å². The summed E-state index contributed by atoms with van der Waals surface area (Å²) in [5.41, 5.74) is 5.57. The average Bonchev–Trinajstić information content (AvgIpc) is 2.62. The number of fused-ring (bicyclic) bond motifs is 1. The molecule has 19 heavy (non-hydrogen) atoms. The first-order chi connectivity index (χ1) is 9.09. The highest BCUT2D eigenvalue weighted by Crippen LogP contribution is 2.39. The molecule has 1 aromatic heterocycles. The third-order valence-corrected chi connectivity index (χ3v) is 5.16. The molecule has 1 aliphatic heterocycles. The van der Waals surface area contributed by atoms with Crippen LogP contribution in [0.15, 0.2) is 16.6 Å². The molecule has 102 valence electrons. The van der Waals surface area contributed by atoms with Crippen LogP contribution in [0.3, 0.4) is 0 Å². The molecule has 2 heterocycles. The van der Waals surface area contributed by atoms with Gasteiger partial charge in [0.1, 0.15) is 0 Å². The molecule has 2 aromatic rings. The van der Waals surface area contributed by atoms with Crippen molar-refractivity contribution in [2.45, 2.75) is 32.6 Å². The molecular weight excluding hydrogens is 300 g/mol. The second-order valence-electron chi connectivity index (χ2n) is 5.76. The second kappa shape index (κ2) is 4.95. The number of aromatic nitrogens is 1. The quantitative estimate of drug-likeness (QED) is 0.839. The summed E-state index contributed by atoms with van der Waals surface area (Å²) in [5.74, 6) is 0.674. The molecular formula is C16H21BrN2. The minimum Gasteiger partial charge on any atom is -0.346 e. The number of nitrogens with zero attached hydrogens (tertiary/aromatic N) is 1. The van der Waals surface area contributed by atoms with Crippen LogP contribution in [0.25, 0.3) is 10.9 Å². The van der Waals surface area contributed by atoms with Gasteiger partial charge in [-0.3, -0.25) is 0 Å². The van der Waals surface area contributed by atoms with E-state index in [2.05, 4.69) is 58.8 Å². The molecule has 1 aliphatic rings. The van der Waals surface area contributed by atoms with Crippen molar-refractivity contribution < 1.29 is 0 Å². The first-order valence-electron chi connectivity index (χ1n) is 7.05. The fourth-order valence-electron chi connectivity index (χ4n) is 3.53. The standard InChI is InChI=1S/C16H21BrN2/c1-10-8-11(2)15-13(9-10)14(17)16(19(15)3)12-4-6-18-7-5-12/h8-9,12,18H,4-7H2,1-3H3. The molecule has 0 unspecified atom stereocenters. The van der Waals surface area contributed by atoms with Gasteiger partial charge in [0.05, 0.1) is 5.52 Å². The van der Waals surface area contributed by atoms with E-state index in [1.54, 1.807) is 0 Å². The van der Waals surface area contributed by atoms with Gasteiger partial charge in [0, 0.05) is 28.5 Å². The zero-order chi connectivity index (χ0) is 13.6. The average molecular weight is 321 g/mol. The van der Waals surface area contributed by atoms with Crippen molar-refractivity contribution in [3.63, 3.8) is 0 Å². The smallest absolute Gasteiger partial charge is 0.0521 e.